The number of hydrogen-bond acceptors (Lipinski definition) is 4. The molecule has 1 rings (SSSR count). The van der Waals surface area contributed by atoms with E-state index in [2.05, 4.69) is 22.9 Å². The monoisotopic (exact) mass is 322 g/mol. The van der Waals surface area contributed by atoms with E-state index in [9.17, 15) is 9.59 Å². The zero-order valence-electron chi connectivity index (χ0n) is 14.5. The van der Waals surface area contributed by atoms with Gasteiger partial charge in [-0.25, -0.2) is 0 Å². The molecule has 1 saturated carbocycles. The fourth-order valence-corrected chi connectivity index (χ4v) is 3.09. The van der Waals surface area contributed by atoms with Crippen LogP contribution in [-0.2, 0) is 9.59 Å². The number of amides is 2. The Balaban J connectivity index is 2.73. The second-order valence-electron chi connectivity index (χ2n) is 6.37. The zero-order valence-corrected chi connectivity index (χ0v) is 14.5. The maximum atomic E-state index is 12.5. The summed E-state index contributed by atoms with van der Waals surface area (Å²) in [4.78, 5) is 25.0. The molecule has 6 nitrogen and oxygen atoms in total. The third kappa shape index (κ3) is 6.19. The molecule has 0 saturated heterocycles. The Morgan fingerprint density at radius 3 is 2.39 bits per heavy atom. The van der Waals surface area contributed by atoms with E-state index in [0.717, 1.165) is 44.9 Å². The average Bonchev–Trinajstić information content (AvgIpc) is 3.07. The number of rotatable bonds is 9. The minimum Gasteiger partial charge on any atom is -0.343 e. The average molecular weight is 322 g/mol. The molecule has 0 aromatic heterocycles. The van der Waals surface area contributed by atoms with Crippen LogP contribution >= 0.6 is 0 Å². The quantitative estimate of drug-likeness (QED) is 0.599. The van der Waals surface area contributed by atoms with Gasteiger partial charge in [0.15, 0.2) is 0 Å². The molecule has 3 N–H and O–H groups in total. The lowest BCUT2D eigenvalue weighted by molar-refractivity contribution is -0.131. The molecular formula is C17H30N4O2. The van der Waals surface area contributed by atoms with Gasteiger partial charge in [0.05, 0.1) is 12.1 Å². The highest BCUT2D eigenvalue weighted by Crippen LogP contribution is 2.28. The standard InChI is InChI=1S/C17H30N4O2/c1-4-5-10-14(19-3)16(22)21-15(13-8-6-7-9-13)17(23)20-12(2)11-18/h12-15,19H,4-10H2,1-3H3,(H,20,23)(H,21,22)/t12?,14-,15?/m0/s1. The molecule has 0 radical (unpaired) electrons. The second-order valence-corrected chi connectivity index (χ2v) is 6.37. The summed E-state index contributed by atoms with van der Waals surface area (Å²) in [6.07, 6.45) is 6.80. The zero-order chi connectivity index (χ0) is 17.2. The van der Waals surface area contributed by atoms with Crippen LogP contribution in [0.5, 0.6) is 0 Å². The van der Waals surface area contributed by atoms with Crippen LogP contribution in [0.4, 0.5) is 0 Å². The molecule has 0 aliphatic heterocycles. The summed E-state index contributed by atoms with van der Waals surface area (Å²) in [5.74, 6) is -0.212. The number of nitrogens with one attached hydrogen (secondary N) is 3. The van der Waals surface area contributed by atoms with E-state index in [0.29, 0.717) is 0 Å². The number of carbonyl (C=O) groups is 2. The van der Waals surface area contributed by atoms with E-state index in [1.165, 1.54) is 0 Å². The summed E-state index contributed by atoms with van der Waals surface area (Å²) in [6, 6.07) is 0.626. The van der Waals surface area contributed by atoms with E-state index in [-0.39, 0.29) is 23.8 Å². The van der Waals surface area contributed by atoms with Gasteiger partial charge in [-0.2, -0.15) is 5.26 Å². The van der Waals surface area contributed by atoms with E-state index in [1.54, 1.807) is 14.0 Å². The lowest BCUT2D eigenvalue weighted by Gasteiger charge is -2.26. The van der Waals surface area contributed by atoms with Crippen LogP contribution in [0.15, 0.2) is 0 Å². The summed E-state index contributed by atoms with van der Waals surface area (Å²) < 4.78 is 0. The number of unbranched alkanes of at least 4 members (excludes halogenated alkanes) is 1. The molecule has 0 heterocycles. The summed E-state index contributed by atoms with van der Waals surface area (Å²) in [5.41, 5.74) is 0. The molecule has 1 aliphatic carbocycles. The van der Waals surface area contributed by atoms with E-state index in [4.69, 9.17) is 5.26 Å². The maximum Gasteiger partial charge on any atom is 0.243 e. The van der Waals surface area contributed by atoms with Crippen LogP contribution in [0.25, 0.3) is 0 Å². The smallest absolute Gasteiger partial charge is 0.243 e. The van der Waals surface area contributed by atoms with Gasteiger partial charge >= 0.3 is 0 Å². The van der Waals surface area contributed by atoms with Crippen molar-refractivity contribution in [3.8, 4) is 6.07 Å². The minimum absolute atomic E-state index is 0.127. The highest BCUT2D eigenvalue weighted by atomic mass is 16.2. The second kappa shape index (κ2) is 10.2. The lowest BCUT2D eigenvalue weighted by atomic mass is 9.96. The summed E-state index contributed by atoms with van der Waals surface area (Å²) in [6.45, 7) is 3.73. The highest BCUT2D eigenvalue weighted by molar-refractivity contribution is 5.90. The van der Waals surface area contributed by atoms with Crippen molar-refractivity contribution in [2.45, 2.75) is 76.9 Å². The Hall–Kier alpha value is -1.61. The molecule has 130 valence electrons. The van der Waals surface area contributed by atoms with Gasteiger partial charge in [-0.3, -0.25) is 9.59 Å². The van der Waals surface area contributed by atoms with Gasteiger partial charge in [-0.1, -0.05) is 32.6 Å². The van der Waals surface area contributed by atoms with Gasteiger partial charge in [-0.15, -0.1) is 0 Å². The van der Waals surface area contributed by atoms with Gasteiger partial charge in [0, 0.05) is 0 Å². The molecule has 0 aromatic rings. The number of carbonyl (C=O) groups excluding carboxylic acids is 2. The van der Waals surface area contributed by atoms with Gasteiger partial charge in [0.25, 0.3) is 0 Å². The van der Waals surface area contributed by atoms with Crippen molar-refractivity contribution in [2.24, 2.45) is 5.92 Å². The first-order chi connectivity index (χ1) is 11.0. The van der Waals surface area contributed by atoms with Crippen molar-refractivity contribution in [1.82, 2.24) is 16.0 Å². The third-order valence-corrected chi connectivity index (χ3v) is 4.52. The molecule has 1 aliphatic rings. The normalized spacial score (nSPS) is 18.7. The van der Waals surface area contributed by atoms with Crippen molar-refractivity contribution in [3.05, 3.63) is 0 Å². The lowest BCUT2D eigenvalue weighted by Crippen LogP contribution is -2.55. The van der Waals surface area contributed by atoms with Crippen molar-refractivity contribution >= 4 is 11.8 Å². The first kappa shape index (κ1) is 19.4. The highest BCUT2D eigenvalue weighted by Gasteiger charge is 2.33. The Morgan fingerprint density at radius 1 is 1.22 bits per heavy atom. The Kier molecular flexibility index (Phi) is 8.64. The summed E-state index contributed by atoms with van der Waals surface area (Å²) >= 11 is 0. The number of likely N-dealkylation sites (N-methyl/N-ethyl adjacent to an activating group) is 1. The molecule has 6 heteroatoms. The maximum absolute atomic E-state index is 12.5. The summed E-state index contributed by atoms with van der Waals surface area (Å²) in [7, 11) is 1.77. The first-order valence-corrected chi connectivity index (χ1v) is 8.71. The Morgan fingerprint density at radius 2 is 1.87 bits per heavy atom. The Bertz CT molecular complexity index is 427. The van der Waals surface area contributed by atoms with Gasteiger partial charge in [0.2, 0.25) is 11.8 Å². The molecular weight excluding hydrogens is 292 g/mol. The number of nitriles is 1. The molecule has 23 heavy (non-hydrogen) atoms. The SMILES string of the molecule is CCCC[C@H](NC)C(=O)NC(C(=O)NC(C)C#N)C1CCCC1. The van der Waals surface area contributed by atoms with Crippen LogP contribution in [0.1, 0.15) is 58.8 Å². The molecule has 0 aromatic carbocycles. The number of hydrogen-bond donors (Lipinski definition) is 3. The topological polar surface area (TPSA) is 94.0 Å². The molecule has 0 spiro atoms. The van der Waals surface area contributed by atoms with Crippen molar-refractivity contribution in [1.29, 1.82) is 5.26 Å². The van der Waals surface area contributed by atoms with Crippen LogP contribution in [-0.4, -0.2) is 37.0 Å². The molecule has 2 amide bonds. The van der Waals surface area contributed by atoms with E-state index in [1.807, 2.05) is 6.07 Å². The molecule has 0 bridgehead atoms. The molecule has 2 unspecified atom stereocenters. The van der Waals surface area contributed by atoms with Gasteiger partial charge in [-0.05, 0) is 39.2 Å². The number of nitrogens with zero attached hydrogens (tertiary/aromatic N) is 1. The fraction of sp³-hybridized carbons (Fsp3) is 0.824. The van der Waals surface area contributed by atoms with Crippen LogP contribution < -0.4 is 16.0 Å². The largest absolute Gasteiger partial charge is 0.343 e. The van der Waals surface area contributed by atoms with Crippen molar-refractivity contribution in [3.63, 3.8) is 0 Å². The van der Waals surface area contributed by atoms with Crippen molar-refractivity contribution < 1.29 is 9.59 Å². The third-order valence-electron chi connectivity index (χ3n) is 4.52. The van der Waals surface area contributed by atoms with Crippen LogP contribution in [0.2, 0.25) is 0 Å². The van der Waals surface area contributed by atoms with E-state index >= 15 is 0 Å². The van der Waals surface area contributed by atoms with Gasteiger partial charge < -0.3 is 16.0 Å². The minimum atomic E-state index is -0.552. The predicted octanol–water partition coefficient (Wildman–Crippen LogP) is 1.47. The van der Waals surface area contributed by atoms with Gasteiger partial charge in [0.1, 0.15) is 12.1 Å². The molecule has 1 fully saturated rings. The molecule has 3 atom stereocenters. The van der Waals surface area contributed by atoms with E-state index < -0.39 is 12.1 Å². The first-order valence-electron chi connectivity index (χ1n) is 8.71. The Labute approximate surface area is 139 Å². The predicted molar refractivity (Wildman–Crippen MR) is 89.5 cm³/mol. The fourth-order valence-electron chi connectivity index (χ4n) is 3.09. The summed E-state index contributed by atoms with van der Waals surface area (Å²) in [5, 5.41) is 17.5. The van der Waals surface area contributed by atoms with Crippen LogP contribution in [0, 0.1) is 17.2 Å². The van der Waals surface area contributed by atoms with Crippen LogP contribution in [0.3, 0.4) is 0 Å². The van der Waals surface area contributed by atoms with Crippen molar-refractivity contribution in [2.75, 3.05) is 7.05 Å².